The zero-order chi connectivity index (χ0) is 17.2. The summed E-state index contributed by atoms with van der Waals surface area (Å²) in [6, 6.07) is 15.0. The Balaban J connectivity index is 1.72. The van der Waals surface area contributed by atoms with Gasteiger partial charge < -0.3 is 19.1 Å². The van der Waals surface area contributed by atoms with Crippen LogP contribution < -0.4 is 5.32 Å². The van der Waals surface area contributed by atoms with Gasteiger partial charge in [-0.25, -0.2) is 0 Å². The molecule has 0 fully saturated rings. The number of nitrogens with zero attached hydrogens (tertiary/aromatic N) is 1. The molecular weight excluding hydrogens is 316 g/mol. The Bertz CT molecular complexity index is 895. The van der Waals surface area contributed by atoms with E-state index >= 15 is 0 Å². The maximum atomic E-state index is 13.1. The number of nitrogens with one attached hydrogen (secondary N) is 1. The summed E-state index contributed by atoms with van der Waals surface area (Å²) < 4.78 is 10.9. The molecule has 2 aromatic heterocycles. The van der Waals surface area contributed by atoms with E-state index in [0.29, 0.717) is 12.1 Å². The normalized spacial score (nSPS) is 17.3. The Labute approximate surface area is 145 Å². The second-order valence-corrected chi connectivity index (χ2v) is 6.01. The fraction of sp³-hybridized carbons (Fsp3) is 0.150. The van der Waals surface area contributed by atoms with Crippen molar-refractivity contribution in [3.8, 4) is 0 Å². The molecule has 126 valence electrons. The molecule has 3 aromatic rings. The van der Waals surface area contributed by atoms with Gasteiger partial charge in [-0.15, -0.1) is 0 Å². The van der Waals surface area contributed by atoms with Crippen LogP contribution in [0.15, 0.2) is 75.5 Å². The summed E-state index contributed by atoms with van der Waals surface area (Å²) in [7, 11) is 0. The second-order valence-electron chi connectivity index (χ2n) is 6.01. The maximum absolute atomic E-state index is 13.1. The van der Waals surface area contributed by atoms with Crippen molar-refractivity contribution in [3.05, 3.63) is 83.7 Å². The highest BCUT2D eigenvalue weighted by molar-refractivity contribution is 6.02. The number of amides is 1. The zero-order valence-corrected chi connectivity index (χ0v) is 13.8. The monoisotopic (exact) mass is 334 g/mol. The largest absolute Gasteiger partial charge is 0.467 e. The van der Waals surface area contributed by atoms with Gasteiger partial charge in [0.2, 0.25) is 0 Å². The van der Waals surface area contributed by atoms with Crippen LogP contribution in [0.4, 0.5) is 5.69 Å². The standard InChI is InChI=1S/C20H18N2O3/c1-14(12-15-6-4-10-24-15)19-21-18-9-3-2-8-17(18)20(23)22(19)13-16-7-5-11-25-16/h2-12,19,21H,13H2,1H3/b14-12+/t19-/m0/s1. The van der Waals surface area contributed by atoms with Gasteiger partial charge in [-0.3, -0.25) is 4.79 Å². The van der Waals surface area contributed by atoms with Crippen molar-refractivity contribution in [2.24, 2.45) is 0 Å². The first kappa shape index (κ1) is 15.3. The van der Waals surface area contributed by atoms with Crippen molar-refractivity contribution in [2.45, 2.75) is 19.6 Å². The third-order valence-electron chi connectivity index (χ3n) is 4.27. The molecule has 1 N–H and O–H groups in total. The van der Waals surface area contributed by atoms with E-state index in [1.54, 1.807) is 17.4 Å². The number of anilines is 1. The van der Waals surface area contributed by atoms with Crippen molar-refractivity contribution in [1.29, 1.82) is 0 Å². The number of rotatable bonds is 4. The van der Waals surface area contributed by atoms with Crippen LogP contribution in [0.5, 0.6) is 0 Å². The zero-order valence-electron chi connectivity index (χ0n) is 13.8. The number of fused-ring (bicyclic) bond motifs is 1. The number of furan rings is 2. The van der Waals surface area contributed by atoms with Crippen molar-refractivity contribution in [1.82, 2.24) is 4.90 Å². The summed E-state index contributed by atoms with van der Waals surface area (Å²) in [5, 5.41) is 3.46. The van der Waals surface area contributed by atoms with Crippen molar-refractivity contribution >= 4 is 17.7 Å². The average Bonchev–Trinajstić information content (AvgIpc) is 3.31. The third kappa shape index (κ3) is 2.96. The van der Waals surface area contributed by atoms with Crippen LogP contribution in [0.2, 0.25) is 0 Å². The summed E-state index contributed by atoms with van der Waals surface area (Å²) >= 11 is 0. The number of para-hydroxylation sites is 1. The van der Waals surface area contributed by atoms with Gasteiger partial charge in [-0.2, -0.15) is 0 Å². The lowest BCUT2D eigenvalue weighted by molar-refractivity contribution is 0.0681. The highest BCUT2D eigenvalue weighted by Crippen LogP contribution is 2.30. The molecule has 0 spiro atoms. The van der Waals surface area contributed by atoms with Gasteiger partial charge in [0.25, 0.3) is 5.91 Å². The molecule has 0 radical (unpaired) electrons. The number of benzene rings is 1. The van der Waals surface area contributed by atoms with Crippen LogP contribution in [-0.4, -0.2) is 17.0 Å². The van der Waals surface area contributed by atoms with Crippen LogP contribution in [0.25, 0.3) is 6.08 Å². The first-order valence-corrected chi connectivity index (χ1v) is 8.13. The third-order valence-corrected chi connectivity index (χ3v) is 4.27. The molecule has 0 saturated carbocycles. The van der Waals surface area contributed by atoms with Gasteiger partial charge in [0.05, 0.1) is 24.6 Å². The Morgan fingerprint density at radius 1 is 1.12 bits per heavy atom. The molecular formula is C20H18N2O3. The number of hydrogen-bond donors (Lipinski definition) is 1. The van der Waals surface area contributed by atoms with Crippen LogP contribution in [0.3, 0.4) is 0 Å². The molecule has 3 heterocycles. The van der Waals surface area contributed by atoms with Crippen LogP contribution >= 0.6 is 0 Å². The number of hydrogen-bond acceptors (Lipinski definition) is 4. The van der Waals surface area contributed by atoms with Crippen LogP contribution in [0, 0.1) is 0 Å². The average molecular weight is 334 g/mol. The highest BCUT2D eigenvalue weighted by Gasteiger charge is 2.33. The Hall–Kier alpha value is -3.21. The van der Waals surface area contributed by atoms with Crippen LogP contribution in [-0.2, 0) is 6.54 Å². The SMILES string of the molecule is C/C(=C\c1ccco1)[C@H]1Nc2ccccc2C(=O)N1Cc1ccco1. The van der Waals surface area contributed by atoms with E-state index in [0.717, 1.165) is 22.8 Å². The molecule has 0 aliphatic carbocycles. The van der Waals surface area contributed by atoms with E-state index in [-0.39, 0.29) is 12.1 Å². The molecule has 1 aliphatic rings. The van der Waals surface area contributed by atoms with Gasteiger partial charge >= 0.3 is 0 Å². The number of carbonyl (C=O) groups is 1. The quantitative estimate of drug-likeness (QED) is 0.770. The van der Waals surface area contributed by atoms with Gasteiger partial charge in [0.1, 0.15) is 17.7 Å². The minimum absolute atomic E-state index is 0.0251. The van der Waals surface area contributed by atoms with Crippen molar-refractivity contribution < 1.29 is 13.6 Å². The molecule has 5 nitrogen and oxygen atoms in total. The van der Waals surface area contributed by atoms with Crippen molar-refractivity contribution in [2.75, 3.05) is 5.32 Å². The molecule has 0 bridgehead atoms. The fourth-order valence-corrected chi connectivity index (χ4v) is 3.06. The first-order chi connectivity index (χ1) is 12.2. The highest BCUT2D eigenvalue weighted by atomic mass is 16.3. The predicted octanol–water partition coefficient (Wildman–Crippen LogP) is 4.37. The molecule has 1 atom stereocenters. The molecule has 1 aliphatic heterocycles. The van der Waals surface area contributed by atoms with Gasteiger partial charge in [0, 0.05) is 5.69 Å². The molecule has 5 heteroatoms. The van der Waals surface area contributed by atoms with Gasteiger partial charge in [0.15, 0.2) is 0 Å². The summed E-state index contributed by atoms with van der Waals surface area (Å²) in [6.45, 7) is 2.37. The molecule has 1 amide bonds. The van der Waals surface area contributed by atoms with E-state index in [2.05, 4.69) is 5.32 Å². The van der Waals surface area contributed by atoms with Gasteiger partial charge in [-0.1, -0.05) is 12.1 Å². The molecule has 1 aromatic carbocycles. The Morgan fingerprint density at radius 3 is 2.68 bits per heavy atom. The van der Waals surface area contributed by atoms with E-state index in [9.17, 15) is 4.79 Å². The summed E-state index contributed by atoms with van der Waals surface area (Å²) in [5.74, 6) is 1.47. The molecule has 4 rings (SSSR count). The van der Waals surface area contributed by atoms with Crippen LogP contribution in [0.1, 0.15) is 28.8 Å². The summed E-state index contributed by atoms with van der Waals surface area (Å²) in [6.07, 6.45) is 4.91. The molecule has 0 unspecified atom stereocenters. The lowest BCUT2D eigenvalue weighted by atomic mass is 10.0. The summed E-state index contributed by atoms with van der Waals surface area (Å²) in [4.78, 5) is 14.8. The summed E-state index contributed by atoms with van der Waals surface area (Å²) in [5.41, 5.74) is 2.47. The predicted molar refractivity (Wildman–Crippen MR) is 94.8 cm³/mol. The topological polar surface area (TPSA) is 58.6 Å². The lowest BCUT2D eigenvalue weighted by Gasteiger charge is -2.38. The minimum atomic E-state index is -0.280. The molecule has 0 saturated heterocycles. The number of carbonyl (C=O) groups excluding carboxylic acids is 1. The Morgan fingerprint density at radius 2 is 1.92 bits per heavy atom. The van der Waals surface area contributed by atoms with E-state index in [1.807, 2.05) is 61.5 Å². The van der Waals surface area contributed by atoms with Crippen molar-refractivity contribution in [3.63, 3.8) is 0 Å². The first-order valence-electron chi connectivity index (χ1n) is 8.13. The maximum Gasteiger partial charge on any atom is 0.258 e. The Kier molecular flexibility index (Phi) is 3.90. The van der Waals surface area contributed by atoms with E-state index in [4.69, 9.17) is 8.83 Å². The fourth-order valence-electron chi connectivity index (χ4n) is 3.06. The lowest BCUT2D eigenvalue weighted by Crippen LogP contribution is -2.48. The minimum Gasteiger partial charge on any atom is -0.467 e. The van der Waals surface area contributed by atoms with E-state index in [1.165, 1.54) is 0 Å². The van der Waals surface area contributed by atoms with E-state index < -0.39 is 0 Å². The second kappa shape index (κ2) is 6.36. The van der Waals surface area contributed by atoms with Gasteiger partial charge in [-0.05, 0) is 55.0 Å². The smallest absolute Gasteiger partial charge is 0.258 e. The molecule has 25 heavy (non-hydrogen) atoms.